The molecule has 5 nitrogen and oxygen atoms in total. The third-order valence-electron chi connectivity index (χ3n) is 5.77. The summed E-state index contributed by atoms with van der Waals surface area (Å²) >= 11 is 1.70. The Balaban J connectivity index is 1.63. The van der Waals surface area contributed by atoms with Gasteiger partial charge in [-0.3, -0.25) is 9.36 Å². The van der Waals surface area contributed by atoms with Crippen LogP contribution in [0, 0.1) is 5.92 Å². The van der Waals surface area contributed by atoms with E-state index in [0.29, 0.717) is 18.5 Å². The van der Waals surface area contributed by atoms with Gasteiger partial charge in [0.2, 0.25) is 0 Å². The van der Waals surface area contributed by atoms with Crippen molar-refractivity contribution in [1.29, 1.82) is 0 Å². The quantitative estimate of drug-likeness (QED) is 0.616. The Morgan fingerprint density at radius 3 is 2.97 bits per heavy atom. The summed E-state index contributed by atoms with van der Waals surface area (Å²) in [6, 6.07) is 8.39. The minimum Gasteiger partial charge on any atom is -0.497 e. The van der Waals surface area contributed by atoms with Crippen LogP contribution >= 0.6 is 11.3 Å². The molecule has 0 aliphatic heterocycles. The normalized spacial score (nSPS) is 16.6. The molecule has 0 saturated heterocycles. The first-order valence-corrected chi connectivity index (χ1v) is 11.1. The maximum absolute atomic E-state index is 13.3. The molecule has 1 aliphatic rings. The predicted molar refractivity (Wildman–Crippen MR) is 119 cm³/mol. The van der Waals surface area contributed by atoms with Crippen molar-refractivity contribution in [2.75, 3.05) is 20.7 Å². The summed E-state index contributed by atoms with van der Waals surface area (Å²) in [5, 5.41) is 0.834. The molecule has 0 spiro atoms. The molecule has 0 amide bonds. The first-order valence-electron chi connectivity index (χ1n) is 10.3. The number of rotatable bonds is 6. The van der Waals surface area contributed by atoms with Gasteiger partial charge in [0.25, 0.3) is 5.56 Å². The number of benzene rings is 1. The highest BCUT2D eigenvalue weighted by molar-refractivity contribution is 7.18. The minimum absolute atomic E-state index is 0.0734. The van der Waals surface area contributed by atoms with Gasteiger partial charge < -0.3 is 9.64 Å². The Morgan fingerprint density at radius 2 is 2.21 bits per heavy atom. The fourth-order valence-electron chi connectivity index (χ4n) is 4.37. The SMILES string of the molecule is COc1cccc(Cn2cnc3sc4c(c3c2=O)CC[C@H](N(C)CC(C)C)C4)c1. The van der Waals surface area contributed by atoms with Gasteiger partial charge in [-0.05, 0) is 55.5 Å². The number of thiophene rings is 1. The standard InChI is InChI=1S/C23H29N3O2S/c1-15(2)12-25(3)17-8-9-19-20(11-17)29-22-21(19)23(27)26(14-24-22)13-16-6-5-7-18(10-16)28-4/h5-7,10,14-15,17H,8-9,11-13H2,1-4H3/t17-/m0/s1. The van der Waals surface area contributed by atoms with Gasteiger partial charge in [0.15, 0.2) is 0 Å². The van der Waals surface area contributed by atoms with E-state index in [2.05, 4.69) is 30.8 Å². The molecule has 2 heterocycles. The van der Waals surface area contributed by atoms with Crippen LogP contribution in [0.5, 0.6) is 5.75 Å². The van der Waals surface area contributed by atoms with Gasteiger partial charge in [-0.2, -0.15) is 0 Å². The summed E-state index contributed by atoms with van der Waals surface area (Å²) in [5.41, 5.74) is 2.34. The van der Waals surface area contributed by atoms with Crippen LogP contribution in [0.4, 0.5) is 0 Å². The molecule has 0 bridgehead atoms. The second-order valence-corrected chi connectivity index (χ2v) is 9.53. The zero-order valence-corrected chi connectivity index (χ0v) is 18.5. The maximum Gasteiger partial charge on any atom is 0.262 e. The van der Waals surface area contributed by atoms with Crippen LogP contribution in [0.1, 0.15) is 36.3 Å². The number of aryl methyl sites for hydroxylation is 1. The molecule has 2 aromatic heterocycles. The number of nitrogens with zero attached hydrogens (tertiary/aromatic N) is 3. The van der Waals surface area contributed by atoms with Gasteiger partial charge in [-0.25, -0.2) is 4.98 Å². The summed E-state index contributed by atoms with van der Waals surface area (Å²) in [6.07, 6.45) is 4.78. The van der Waals surface area contributed by atoms with Crippen LogP contribution < -0.4 is 10.3 Å². The Labute approximate surface area is 176 Å². The zero-order chi connectivity index (χ0) is 20.5. The molecular formula is C23H29N3O2S. The zero-order valence-electron chi connectivity index (χ0n) is 17.6. The van der Waals surface area contributed by atoms with Crippen molar-refractivity contribution in [3.05, 3.63) is 57.0 Å². The molecule has 29 heavy (non-hydrogen) atoms. The highest BCUT2D eigenvalue weighted by Gasteiger charge is 2.27. The first kappa shape index (κ1) is 20.1. The molecule has 1 aromatic carbocycles. The topological polar surface area (TPSA) is 47.4 Å². The predicted octanol–water partition coefficient (Wildman–Crippen LogP) is 3.96. The summed E-state index contributed by atoms with van der Waals surface area (Å²) in [7, 11) is 3.88. The molecule has 0 unspecified atom stereocenters. The first-order chi connectivity index (χ1) is 14.0. The summed E-state index contributed by atoms with van der Waals surface area (Å²) in [4.78, 5) is 22.6. The largest absolute Gasteiger partial charge is 0.497 e. The second-order valence-electron chi connectivity index (χ2n) is 8.44. The molecule has 0 N–H and O–H groups in total. The van der Waals surface area contributed by atoms with E-state index < -0.39 is 0 Å². The number of likely N-dealkylation sites (N-methyl/N-ethyl adjacent to an activating group) is 1. The number of aromatic nitrogens is 2. The molecule has 1 aliphatic carbocycles. The highest BCUT2D eigenvalue weighted by Crippen LogP contribution is 2.35. The van der Waals surface area contributed by atoms with Crippen LogP contribution in [0.3, 0.4) is 0 Å². The molecule has 6 heteroatoms. The molecule has 154 valence electrons. The van der Waals surface area contributed by atoms with Crippen LogP contribution in [0.15, 0.2) is 35.4 Å². The van der Waals surface area contributed by atoms with E-state index in [1.807, 2.05) is 24.3 Å². The van der Waals surface area contributed by atoms with Crippen molar-refractivity contribution in [2.24, 2.45) is 5.92 Å². The molecule has 1 atom stereocenters. The fourth-order valence-corrected chi connectivity index (χ4v) is 5.61. The summed E-state index contributed by atoms with van der Waals surface area (Å²) < 4.78 is 7.03. The fraction of sp³-hybridized carbons (Fsp3) is 0.478. The van der Waals surface area contributed by atoms with Crippen molar-refractivity contribution in [3.63, 3.8) is 0 Å². The van der Waals surface area contributed by atoms with Crippen molar-refractivity contribution in [1.82, 2.24) is 14.5 Å². The van der Waals surface area contributed by atoms with Gasteiger partial charge in [0.05, 0.1) is 25.4 Å². The van der Waals surface area contributed by atoms with Gasteiger partial charge in [0.1, 0.15) is 10.6 Å². The monoisotopic (exact) mass is 411 g/mol. The van der Waals surface area contributed by atoms with Crippen molar-refractivity contribution < 1.29 is 4.74 Å². The Morgan fingerprint density at radius 1 is 1.38 bits per heavy atom. The molecular weight excluding hydrogens is 382 g/mol. The second kappa shape index (κ2) is 8.28. The van der Waals surface area contributed by atoms with Crippen LogP contribution in [0.2, 0.25) is 0 Å². The Kier molecular flexibility index (Phi) is 5.74. The Bertz CT molecular complexity index is 1070. The summed E-state index contributed by atoms with van der Waals surface area (Å²) in [5.74, 6) is 1.46. The van der Waals surface area contributed by atoms with E-state index in [4.69, 9.17) is 4.74 Å². The number of hydrogen-bond acceptors (Lipinski definition) is 5. The lowest BCUT2D eigenvalue weighted by Crippen LogP contribution is -2.38. The molecule has 3 aromatic rings. The van der Waals surface area contributed by atoms with Crippen molar-refractivity contribution in [3.8, 4) is 5.75 Å². The number of ether oxygens (including phenoxy) is 1. The Hall–Kier alpha value is -2.18. The number of hydrogen-bond donors (Lipinski definition) is 0. The smallest absolute Gasteiger partial charge is 0.262 e. The molecule has 0 saturated carbocycles. The van der Waals surface area contributed by atoms with Gasteiger partial charge in [-0.15, -0.1) is 11.3 Å². The van der Waals surface area contributed by atoms with Gasteiger partial charge >= 0.3 is 0 Å². The van der Waals surface area contributed by atoms with E-state index in [1.54, 1.807) is 29.3 Å². The molecule has 0 fully saturated rings. The lowest BCUT2D eigenvalue weighted by molar-refractivity contribution is 0.201. The third kappa shape index (κ3) is 4.09. The van der Waals surface area contributed by atoms with E-state index >= 15 is 0 Å². The lowest BCUT2D eigenvalue weighted by Gasteiger charge is -2.32. The van der Waals surface area contributed by atoms with Crippen LogP contribution in [-0.2, 0) is 19.4 Å². The minimum atomic E-state index is 0.0734. The van der Waals surface area contributed by atoms with Crippen LogP contribution in [-0.4, -0.2) is 41.2 Å². The average molecular weight is 412 g/mol. The van der Waals surface area contributed by atoms with E-state index in [9.17, 15) is 4.79 Å². The number of fused-ring (bicyclic) bond motifs is 3. The van der Waals surface area contributed by atoms with E-state index in [-0.39, 0.29) is 5.56 Å². The number of methoxy groups -OCH3 is 1. The summed E-state index contributed by atoms with van der Waals surface area (Å²) in [6.45, 7) is 6.14. The maximum atomic E-state index is 13.3. The van der Waals surface area contributed by atoms with Gasteiger partial charge in [0, 0.05) is 17.5 Å². The van der Waals surface area contributed by atoms with Crippen LogP contribution in [0.25, 0.3) is 10.2 Å². The molecule has 4 rings (SSSR count). The van der Waals surface area contributed by atoms with Gasteiger partial charge in [-0.1, -0.05) is 26.0 Å². The van der Waals surface area contributed by atoms with E-state index in [0.717, 1.165) is 47.3 Å². The highest BCUT2D eigenvalue weighted by atomic mass is 32.1. The molecule has 0 radical (unpaired) electrons. The van der Waals surface area contributed by atoms with Crippen molar-refractivity contribution >= 4 is 21.6 Å². The van der Waals surface area contributed by atoms with E-state index in [1.165, 1.54) is 10.4 Å². The van der Waals surface area contributed by atoms with Crippen molar-refractivity contribution in [2.45, 2.75) is 45.7 Å². The average Bonchev–Trinajstić information content (AvgIpc) is 3.08. The third-order valence-corrected chi connectivity index (χ3v) is 6.94. The lowest BCUT2D eigenvalue weighted by atomic mass is 9.92.